The van der Waals surface area contributed by atoms with Gasteiger partial charge in [-0.15, -0.1) is 0 Å². The number of hydrogen-bond acceptors (Lipinski definition) is 2. The van der Waals surface area contributed by atoms with Gasteiger partial charge in [0.1, 0.15) is 0 Å². The second-order valence-corrected chi connectivity index (χ2v) is 6.17. The van der Waals surface area contributed by atoms with Crippen molar-refractivity contribution in [1.82, 2.24) is 9.88 Å². The Morgan fingerprint density at radius 2 is 1.96 bits per heavy atom. The molecule has 2 amide bonds. The average molecular weight is 317 g/mol. The Balaban J connectivity index is 1.51. The fourth-order valence-electron chi connectivity index (χ4n) is 3.43. The summed E-state index contributed by atoms with van der Waals surface area (Å²) in [5, 5.41) is 5.36. The Kier molecular flexibility index (Phi) is 3.87. The van der Waals surface area contributed by atoms with Crippen molar-refractivity contribution >= 4 is 22.5 Å². The van der Waals surface area contributed by atoms with E-state index in [4.69, 9.17) is 0 Å². The third-order valence-corrected chi connectivity index (χ3v) is 4.65. The molecule has 4 nitrogen and oxygen atoms in total. The molecule has 2 aromatic carbocycles. The molecule has 1 atom stereocenters. The zero-order valence-corrected chi connectivity index (χ0v) is 13.4. The molecule has 1 N–H and O–H groups in total. The van der Waals surface area contributed by atoms with Crippen molar-refractivity contribution in [3.8, 4) is 0 Å². The molecule has 1 fully saturated rings. The highest BCUT2D eigenvalue weighted by molar-refractivity contribution is 5.90. The highest BCUT2D eigenvalue weighted by Gasteiger charge is 2.28. The maximum Gasteiger partial charge on any atom is 0.321 e. The fraction of sp³-hybridized carbons (Fsp3) is 0.200. The maximum absolute atomic E-state index is 12.5. The third-order valence-electron chi connectivity index (χ3n) is 4.65. The van der Waals surface area contributed by atoms with Crippen LogP contribution >= 0.6 is 0 Å². The zero-order valence-electron chi connectivity index (χ0n) is 13.4. The van der Waals surface area contributed by atoms with Gasteiger partial charge in [-0.2, -0.15) is 0 Å². The molecule has 0 saturated carbocycles. The first-order chi connectivity index (χ1) is 11.8. The number of nitrogens with zero attached hydrogens (tertiary/aromatic N) is 2. The van der Waals surface area contributed by atoms with Gasteiger partial charge in [-0.05, 0) is 35.6 Å². The van der Waals surface area contributed by atoms with Gasteiger partial charge in [0.05, 0.1) is 0 Å². The predicted molar refractivity (Wildman–Crippen MR) is 96.1 cm³/mol. The van der Waals surface area contributed by atoms with Crippen LogP contribution in [0.4, 0.5) is 10.5 Å². The van der Waals surface area contributed by atoms with E-state index < -0.39 is 0 Å². The van der Waals surface area contributed by atoms with Crippen molar-refractivity contribution in [3.63, 3.8) is 0 Å². The van der Waals surface area contributed by atoms with Crippen molar-refractivity contribution in [1.29, 1.82) is 0 Å². The summed E-state index contributed by atoms with van der Waals surface area (Å²) in [6, 6.07) is 18.0. The maximum atomic E-state index is 12.5. The Labute approximate surface area is 141 Å². The number of urea groups is 1. The smallest absolute Gasteiger partial charge is 0.321 e. The first-order valence-electron chi connectivity index (χ1n) is 8.25. The zero-order chi connectivity index (χ0) is 16.4. The molecule has 1 aromatic heterocycles. The number of carbonyl (C=O) groups excluding carboxylic acids is 1. The number of carbonyl (C=O) groups is 1. The third kappa shape index (κ3) is 2.83. The van der Waals surface area contributed by atoms with E-state index in [0.717, 1.165) is 30.6 Å². The van der Waals surface area contributed by atoms with E-state index in [1.165, 1.54) is 10.9 Å². The van der Waals surface area contributed by atoms with E-state index in [9.17, 15) is 4.79 Å². The van der Waals surface area contributed by atoms with Crippen molar-refractivity contribution in [3.05, 3.63) is 72.6 Å². The second kappa shape index (κ2) is 6.32. The van der Waals surface area contributed by atoms with Gasteiger partial charge in [0, 0.05) is 42.5 Å². The molecule has 1 unspecified atom stereocenters. The van der Waals surface area contributed by atoms with Gasteiger partial charge in [0.2, 0.25) is 0 Å². The van der Waals surface area contributed by atoms with Gasteiger partial charge >= 0.3 is 6.03 Å². The van der Waals surface area contributed by atoms with Crippen LogP contribution in [0.5, 0.6) is 0 Å². The summed E-state index contributed by atoms with van der Waals surface area (Å²) in [6.07, 6.45) is 4.72. The minimum Gasteiger partial charge on any atom is -0.324 e. The molecule has 4 rings (SSSR count). The van der Waals surface area contributed by atoms with E-state index in [2.05, 4.69) is 34.6 Å². The lowest BCUT2D eigenvalue weighted by Crippen LogP contribution is -2.32. The molecule has 2 heterocycles. The van der Waals surface area contributed by atoms with Gasteiger partial charge < -0.3 is 10.2 Å². The Bertz CT molecular complexity index is 858. The summed E-state index contributed by atoms with van der Waals surface area (Å²) in [5.74, 6) is 0.373. The second-order valence-electron chi connectivity index (χ2n) is 6.17. The molecular formula is C20H19N3O. The number of anilines is 1. The highest BCUT2D eigenvalue weighted by atomic mass is 16.2. The number of pyridine rings is 1. The van der Waals surface area contributed by atoms with Crippen molar-refractivity contribution < 1.29 is 4.79 Å². The lowest BCUT2D eigenvalue weighted by atomic mass is 9.94. The Morgan fingerprint density at radius 3 is 2.83 bits per heavy atom. The first-order valence-corrected chi connectivity index (χ1v) is 8.25. The summed E-state index contributed by atoms with van der Waals surface area (Å²) in [5.41, 5.74) is 2.15. The van der Waals surface area contributed by atoms with Crippen molar-refractivity contribution in [2.24, 2.45) is 0 Å². The molecule has 1 aliphatic heterocycles. The van der Waals surface area contributed by atoms with E-state index in [0.29, 0.717) is 5.92 Å². The summed E-state index contributed by atoms with van der Waals surface area (Å²) in [6.45, 7) is 1.53. The Hall–Kier alpha value is -2.88. The van der Waals surface area contributed by atoms with E-state index in [1.54, 1.807) is 0 Å². The summed E-state index contributed by atoms with van der Waals surface area (Å²) in [7, 11) is 0. The summed E-state index contributed by atoms with van der Waals surface area (Å²) in [4.78, 5) is 18.6. The molecular weight excluding hydrogens is 298 g/mol. The molecule has 3 aromatic rings. The molecule has 24 heavy (non-hydrogen) atoms. The lowest BCUT2D eigenvalue weighted by Gasteiger charge is -2.18. The van der Waals surface area contributed by atoms with Crippen molar-refractivity contribution in [2.45, 2.75) is 12.3 Å². The van der Waals surface area contributed by atoms with Crippen LogP contribution in [0.15, 0.2) is 67.0 Å². The predicted octanol–water partition coefficient (Wildman–Crippen LogP) is 4.26. The number of para-hydroxylation sites is 1. The standard InChI is InChI=1S/C20H19N3O/c24-20(22-17-6-2-1-3-7-17)23-12-10-16(14-23)18-8-4-5-15-13-21-11-9-19(15)18/h1-9,11,13,16H,10,12,14H2,(H,22,24). The van der Waals surface area contributed by atoms with Crippen LogP contribution in [0.3, 0.4) is 0 Å². The largest absolute Gasteiger partial charge is 0.324 e. The van der Waals surface area contributed by atoms with Gasteiger partial charge in [-0.25, -0.2) is 4.79 Å². The molecule has 0 radical (unpaired) electrons. The molecule has 1 aliphatic rings. The Morgan fingerprint density at radius 1 is 1.08 bits per heavy atom. The van der Waals surface area contributed by atoms with Gasteiger partial charge in [0.25, 0.3) is 0 Å². The quantitative estimate of drug-likeness (QED) is 0.767. The highest BCUT2D eigenvalue weighted by Crippen LogP contribution is 2.32. The number of aromatic nitrogens is 1. The number of hydrogen-bond donors (Lipinski definition) is 1. The van der Waals surface area contributed by atoms with Crippen LogP contribution in [0, 0.1) is 0 Å². The van der Waals surface area contributed by atoms with Gasteiger partial charge in [-0.1, -0.05) is 36.4 Å². The first kappa shape index (κ1) is 14.7. The monoisotopic (exact) mass is 317 g/mol. The van der Waals surface area contributed by atoms with Crippen LogP contribution in [-0.4, -0.2) is 29.0 Å². The van der Waals surface area contributed by atoms with Gasteiger partial charge in [0.15, 0.2) is 0 Å². The molecule has 4 heteroatoms. The van der Waals surface area contributed by atoms with E-state index in [-0.39, 0.29) is 6.03 Å². The van der Waals surface area contributed by atoms with Crippen LogP contribution in [-0.2, 0) is 0 Å². The minimum atomic E-state index is -0.0226. The summed E-state index contributed by atoms with van der Waals surface area (Å²) >= 11 is 0. The number of benzene rings is 2. The SMILES string of the molecule is O=C(Nc1ccccc1)N1CCC(c2cccc3cnccc23)C1. The molecule has 1 saturated heterocycles. The minimum absolute atomic E-state index is 0.0226. The molecule has 0 spiro atoms. The van der Waals surface area contributed by atoms with Crippen LogP contribution in [0.1, 0.15) is 17.9 Å². The number of fused-ring (bicyclic) bond motifs is 1. The number of likely N-dealkylation sites (tertiary alicyclic amines) is 1. The van der Waals surface area contributed by atoms with Crippen LogP contribution < -0.4 is 5.32 Å². The fourth-order valence-corrected chi connectivity index (χ4v) is 3.43. The molecule has 0 aliphatic carbocycles. The topological polar surface area (TPSA) is 45.2 Å². The van der Waals surface area contributed by atoms with E-state index >= 15 is 0 Å². The molecule has 120 valence electrons. The van der Waals surface area contributed by atoms with Crippen LogP contribution in [0.2, 0.25) is 0 Å². The molecule has 0 bridgehead atoms. The average Bonchev–Trinajstić information content (AvgIpc) is 3.12. The van der Waals surface area contributed by atoms with Crippen molar-refractivity contribution in [2.75, 3.05) is 18.4 Å². The number of amides is 2. The number of nitrogens with one attached hydrogen (secondary N) is 1. The summed E-state index contributed by atoms with van der Waals surface area (Å²) < 4.78 is 0. The lowest BCUT2D eigenvalue weighted by molar-refractivity contribution is 0.222. The van der Waals surface area contributed by atoms with Gasteiger partial charge in [-0.3, -0.25) is 4.98 Å². The number of rotatable bonds is 2. The normalized spacial score (nSPS) is 17.2. The van der Waals surface area contributed by atoms with Crippen LogP contribution in [0.25, 0.3) is 10.8 Å². The van der Waals surface area contributed by atoms with E-state index in [1.807, 2.05) is 47.6 Å².